The number of rotatable bonds is 5. The second kappa shape index (κ2) is 7.14. The molecule has 0 aliphatic heterocycles. The zero-order valence-corrected chi connectivity index (χ0v) is 13.8. The summed E-state index contributed by atoms with van der Waals surface area (Å²) >= 11 is 0. The van der Waals surface area contributed by atoms with Gasteiger partial charge in [-0.3, -0.25) is 0 Å². The van der Waals surface area contributed by atoms with Crippen molar-refractivity contribution in [2.45, 2.75) is 44.2 Å². The van der Waals surface area contributed by atoms with E-state index < -0.39 is 0 Å². The highest BCUT2D eigenvalue weighted by Gasteiger charge is 2.26. The molecule has 2 aromatic carbocycles. The van der Waals surface area contributed by atoms with E-state index in [2.05, 4.69) is 42.6 Å². The van der Waals surface area contributed by atoms with Crippen LogP contribution in [0, 0.1) is 5.82 Å². The quantitative estimate of drug-likeness (QED) is 0.854. The van der Waals surface area contributed by atoms with Crippen molar-refractivity contribution >= 4 is 0 Å². The highest BCUT2D eigenvalue weighted by Crippen LogP contribution is 2.35. The number of hydrogen-bond acceptors (Lipinski definition) is 2. The lowest BCUT2D eigenvalue weighted by atomic mass is 9.97. The number of nitrogens with one attached hydrogen (secondary N) is 1. The Bertz CT molecular complexity index is 643. The molecule has 0 spiro atoms. The van der Waals surface area contributed by atoms with E-state index in [9.17, 15) is 4.39 Å². The van der Waals surface area contributed by atoms with Gasteiger partial charge in [0.25, 0.3) is 0 Å². The lowest BCUT2D eigenvalue weighted by Gasteiger charge is -2.21. The number of halogens is 1. The van der Waals surface area contributed by atoms with Crippen LogP contribution in [0.1, 0.15) is 49.3 Å². The molecule has 122 valence electrons. The molecule has 2 nitrogen and oxygen atoms in total. The molecule has 2 aromatic rings. The zero-order chi connectivity index (χ0) is 16.2. The molecule has 0 amide bonds. The van der Waals surface area contributed by atoms with Crippen molar-refractivity contribution < 1.29 is 9.13 Å². The normalized spacial score (nSPS) is 22.0. The minimum absolute atomic E-state index is 0.184. The van der Waals surface area contributed by atoms with Crippen LogP contribution in [-0.2, 0) is 0 Å². The summed E-state index contributed by atoms with van der Waals surface area (Å²) in [5, 5.41) is 3.69. The lowest BCUT2D eigenvalue weighted by Crippen LogP contribution is -2.29. The monoisotopic (exact) mass is 313 g/mol. The van der Waals surface area contributed by atoms with Crippen molar-refractivity contribution in [3.63, 3.8) is 0 Å². The molecule has 23 heavy (non-hydrogen) atoms. The largest absolute Gasteiger partial charge is 0.494 e. The molecular formula is C20H24FNO. The molecule has 1 N–H and O–H groups in total. The van der Waals surface area contributed by atoms with E-state index >= 15 is 0 Å². The maximum Gasteiger partial charge on any atom is 0.165 e. The third-order valence-electron chi connectivity index (χ3n) is 4.86. The summed E-state index contributed by atoms with van der Waals surface area (Å²) in [6.45, 7) is 2.13. The van der Waals surface area contributed by atoms with E-state index in [4.69, 9.17) is 4.74 Å². The van der Waals surface area contributed by atoms with Crippen LogP contribution in [0.2, 0.25) is 0 Å². The van der Waals surface area contributed by atoms with Gasteiger partial charge >= 0.3 is 0 Å². The average Bonchev–Trinajstić information content (AvgIpc) is 3.04. The van der Waals surface area contributed by atoms with Gasteiger partial charge in [0, 0.05) is 12.1 Å². The van der Waals surface area contributed by atoms with Crippen LogP contribution in [0.3, 0.4) is 0 Å². The fourth-order valence-corrected chi connectivity index (χ4v) is 3.56. The van der Waals surface area contributed by atoms with Gasteiger partial charge in [-0.2, -0.15) is 0 Å². The Morgan fingerprint density at radius 1 is 1.13 bits per heavy atom. The topological polar surface area (TPSA) is 21.3 Å². The van der Waals surface area contributed by atoms with Crippen LogP contribution >= 0.6 is 0 Å². The average molecular weight is 313 g/mol. The van der Waals surface area contributed by atoms with Gasteiger partial charge < -0.3 is 10.1 Å². The van der Waals surface area contributed by atoms with Crippen molar-refractivity contribution in [3.05, 3.63) is 65.5 Å². The Kier molecular flexibility index (Phi) is 4.97. The first-order valence-electron chi connectivity index (χ1n) is 8.32. The van der Waals surface area contributed by atoms with Crippen molar-refractivity contribution in [1.82, 2.24) is 5.32 Å². The smallest absolute Gasteiger partial charge is 0.165 e. The van der Waals surface area contributed by atoms with E-state index in [-0.39, 0.29) is 11.9 Å². The van der Waals surface area contributed by atoms with Gasteiger partial charge in [-0.05, 0) is 55.4 Å². The van der Waals surface area contributed by atoms with E-state index in [1.165, 1.54) is 31.6 Å². The maximum absolute atomic E-state index is 13.5. The Labute approximate surface area is 137 Å². The minimum atomic E-state index is -0.312. The maximum atomic E-state index is 13.5. The fourth-order valence-electron chi connectivity index (χ4n) is 3.56. The number of methoxy groups -OCH3 is 1. The van der Waals surface area contributed by atoms with Crippen molar-refractivity contribution in [2.24, 2.45) is 0 Å². The first kappa shape index (κ1) is 16.0. The van der Waals surface area contributed by atoms with Gasteiger partial charge in [0.15, 0.2) is 11.6 Å². The van der Waals surface area contributed by atoms with Crippen molar-refractivity contribution in [1.29, 1.82) is 0 Å². The third-order valence-corrected chi connectivity index (χ3v) is 4.86. The molecule has 0 bridgehead atoms. The summed E-state index contributed by atoms with van der Waals surface area (Å²) in [5.74, 6) is 0.641. The summed E-state index contributed by atoms with van der Waals surface area (Å²) < 4.78 is 18.6. The number of hydrogen-bond donors (Lipinski definition) is 1. The molecule has 0 unspecified atom stereocenters. The first-order chi connectivity index (χ1) is 11.2. The minimum Gasteiger partial charge on any atom is -0.494 e. The van der Waals surface area contributed by atoms with Gasteiger partial charge in [0.2, 0.25) is 0 Å². The lowest BCUT2D eigenvalue weighted by molar-refractivity contribution is 0.384. The summed E-state index contributed by atoms with van der Waals surface area (Å²) in [5.41, 5.74) is 2.50. The summed E-state index contributed by atoms with van der Waals surface area (Å²) in [4.78, 5) is 0. The Balaban J connectivity index is 1.62. The molecule has 1 saturated carbocycles. The molecule has 0 aromatic heterocycles. The van der Waals surface area contributed by atoms with Gasteiger partial charge in [-0.15, -0.1) is 0 Å². The molecule has 1 fully saturated rings. The van der Waals surface area contributed by atoms with Crippen LogP contribution in [-0.4, -0.2) is 13.2 Å². The van der Waals surface area contributed by atoms with E-state index in [1.54, 1.807) is 6.07 Å². The van der Waals surface area contributed by atoms with Crippen LogP contribution in [0.25, 0.3) is 0 Å². The van der Waals surface area contributed by atoms with Crippen LogP contribution < -0.4 is 10.1 Å². The van der Waals surface area contributed by atoms with E-state index in [1.807, 2.05) is 6.07 Å². The highest BCUT2D eigenvalue weighted by molar-refractivity contribution is 5.32. The third kappa shape index (κ3) is 3.73. The Morgan fingerprint density at radius 2 is 1.91 bits per heavy atom. The molecule has 1 aliphatic rings. The Hall–Kier alpha value is -1.87. The van der Waals surface area contributed by atoms with Crippen molar-refractivity contribution in [2.75, 3.05) is 7.11 Å². The van der Waals surface area contributed by atoms with Crippen LogP contribution in [0.15, 0.2) is 48.5 Å². The first-order valence-corrected chi connectivity index (χ1v) is 8.32. The fraction of sp³-hybridized carbons (Fsp3) is 0.400. The predicted molar refractivity (Wildman–Crippen MR) is 91.3 cm³/mol. The SMILES string of the molecule is COc1cc([C@@H](C)N[C@H]2CC[C@@H](c3ccccc3)C2)ccc1F. The second-order valence-electron chi connectivity index (χ2n) is 6.40. The molecule has 0 saturated heterocycles. The Morgan fingerprint density at radius 3 is 2.65 bits per heavy atom. The van der Waals surface area contributed by atoms with Gasteiger partial charge in [-0.1, -0.05) is 36.4 Å². The van der Waals surface area contributed by atoms with E-state index in [0.29, 0.717) is 17.7 Å². The second-order valence-corrected chi connectivity index (χ2v) is 6.40. The molecule has 3 atom stereocenters. The molecule has 0 radical (unpaired) electrons. The predicted octanol–water partition coefficient (Wildman–Crippen LogP) is 4.82. The number of benzene rings is 2. The van der Waals surface area contributed by atoms with Crippen LogP contribution in [0.5, 0.6) is 5.75 Å². The van der Waals surface area contributed by atoms with Gasteiger partial charge in [0.05, 0.1) is 7.11 Å². The molecular weight excluding hydrogens is 289 g/mol. The molecule has 0 heterocycles. The van der Waals surface area contributed by atoms with E-state index in [0.717, 1.165) is 12.0 Å². The molecule has 3 heteroatoms. The molecule has 3 rings (SSSR count). The summed E-state index contributed by atoms with van der Waals surface area (Å²) in [6, 6.07) is 16.5. The van der Waals surface area contributed by atoms with Gasteiger partial charge in [0.1, 0.15) is 0 Å². The standard InChI is InChI=1S/C20H24FNO/c1-14(16-9-11-19(21)20(13-16)23-2)22-18-10-8-17(12-18)15-6-4-3-5-7-15/h3-7,9,11,13-14,17-18,22H,8,10,12H2,1-2H3/t14-,17-,18+/m1/s1. The zero-order valence-electron chi connectivity index (χ0n) is 13.8. The molecule has 1 aliphatic carbocycles. The number of ether oxygens (including phenoxy) is 1. The summed E-state index contributed by atoms with van der Waals surface area (Å²) in [7, 11) is 1.50. The summed E-state index contributed by atoms with van der Waals surface area (Å²) in [6.07, 6.45) is 3.57. The van der Waals surface area contributed by atoms with Crippen LogP contribution in [0.4, 0.5) is 4.39 Å². The van der Waals surface area contributed by atoms with Crippen molar-refractivity contribution in [3.8, 4) is 5.75 Å². The highest BCUT2D eigenvalue weighted by atomic mass is 19.1. The van der Waals surface area contributed by atoms with Gasteiger partial charge in [-0.25, -0.2) is 4.39 Å².